The molecule has 12 nitrogen and oxygen atoms in total. The number of rotatable bonds is 18. The van der Waals surface area contributed by atoms with Crippen LogP contribution in [0.1, 0.15) is 96.1 Å². The molecule has 2 aromatic heterocycles. The summed E-state index contributed by atoms with van der Waals surface area (Å²) in [5.74, 6) is 3.08. The first-order valence-corrected chi connectivity index (χ1v) is 24.4. The summed E-state index contributed by atoms with van der Waals surface area (Å²) in [5.41, 5.74) is 4.27. The van der Waals surface area contributed by atoms with Crippen LogP contribution in [0, 0.1) is 11.8 Å². The molecule has 4 fully saturated rings. The lowest BCUT2D eigenvalue weighted by atomic mass is 9.94. The van der Waals surface area contributed by atoms with E-state index in [1.54, 1.807) is 11.1 Å². The molecule has 0 aliphatic carbocycles. The predicted octanol–water partition coefficient (Wildman–Crippen LogP) is 9.72. The monoisotopic (exact) mass is 891 g/mol. The smallest absolute Gasteiger partial charge is 0.410 e. The van der Waals surface area contributed by atoms with Crippen LogP contribution < -0.4 is 24.6 Å². The summed E-state index contributed by atoms with van der Waals surface area (Å²) < 4.78 is 29.4. The molecule has 4 saturated heterocycles. The number of aromatic nitrogens is 2. The number of carbonyl (C=O) groups is 1. The van der Waals surface area contributed by atoms with E-state index < -0.39 is 5.60 Å². The molecule has 12 heteroatoms. The maximum atomic E-state index is 12.5. The molecule has 8 rings (SSSR count). The van der Waals surface area contributed by atoms with Crippen molar-refractivity contribution in [3.8, 4) is 11.5 Å². The van der Waals surface area contributed by atoms with Crippen molar-refractivity contribution in [2.45, 2.75) is 116 Å². The quantitative estimate of drug-likeness (QED) is 0.0965. The third-order valence-corrected chi connectivity index (χ3v) is 13.0. The number of hydrogen-bond donors (Lipinski definition) is 1. The second-order valence-electron chi connectivity index (χ2n) is 19.2. The van der Waals surface area contributed by atoms with Crippen molar-refractivity contribution in [3.05, 3.63) is 109 Å². The number of benzene rings is 2. The van der Waals surface area contributed by atoms with Gasteiger partial charge in [0.25, 0.3) is 0 Å². The van der Waals surface area contributed by atoms with E-state index in [-0.39, 0.29) is 12.1 Å². The lowest BCUT2D eigenvalue weighted by molar-refractivity contribution is 0.0187. The van der Waals surface area contributed by atoms with Gasteiger partial charge in [0, 0.05) is 64.1 Å². The SMILES string of the molecule is CC(C)(C)OC(=O)N1CCCC1COc1cncc(N2CCC(CCOCc3ccccc3)CC2)c1.c1ccc(COCCC2CCN(c3cncc(OCC4CCCN4)c3)CC2)cc1. The van der Waals surface area contributed by atoms with Crippen molar-refractivity contribution in [1.82, 2.24) is 20.2 Å². The van der Waals surface area contributed by atoms with Crippen molar-refractivity contribution < 1.29 is 28.5 Å². The van der Waals surface area contributed by atoms with Gasteiger partial charge in [-0.3, -0.25) is 9.97 Å². The van der Waals surface area contributed by atoms with Gasteiger partial charge >= 0.3 is 6.09 Å². The van der Waals surface area contributed by atoms with Gasteiger partial charge in [-0.05, 0) is 114 Å². The van der Waals surface area contributed by atoms with Gasteiger partial charge in [-0.2, -0.15) is 0 Å². The van der Waals surface area contributed by atoms with Crippen LogP contribution in [0.25, 0.3) is 0 Å². The number of amides is 1. The zero-order valence-corrected chi connectivity index (χ0v) is 39.3. The van der Waals surface area contributed by atoms with Crippen LogP contribution in [-0.2, 0) is 27.4 Å². The number of nitrogens with one attached hydrogen (secondary N) is 1. The summed E-state index contributed by atoms with van der Waals surface area (Å²) >= 11 is 0. The van der Waals surface area contributed by atoms with E-state index in [4.69, 9.17) is 23.7 Å². The van der Waals surface area contributed by atoms with Gasteiger partial charge < -0.3 is 43.7 Å². The first-order valence-electron chi connectivity index (χ1n) is 24.4. The number of hydrogen-bond acceptors (Lipinski definition) is 11. The van der Waals surface area contributed by atoms with E-state index in [2.05, 4.69) is 85.7 Å². The zero-order chi connectivity index (χ0) is 45.1. The summed E-state index contributed by atoms with van der Waals surface area (Å²) in [7, 11) is 0. The molecule has 0 saturated carbocycles. The Labute approximate surface area is 388 Å². The molecule has 4 aliphatic rings. The summed E-state index contributed by atoms with van der Waals surface area (Å²) in [6.07, 6.45) is 18.6. The Morgan fingerprint density at radius 1 is 0.646 bits per heavy atom. The lowest BCUT2D eigenvalue weighted by Gasteiger charge is -2.33. The highest BCUT2D eigenvalue weighted by molar-refractivity contribution is 5.69. The number of anilines is 2. The standard InChI is InChI=1S/C29H41N3O4.C24H33N3O2/c1-29(2,3)36-28(33)32-14-7-10-25(32)22-35-27-18-26(19-30-20-27)31-15-11-23(12-16-31)13-17-34-21-24-8-5-4-6-9-24;1-2-5-21(6-3-1)18-28-14-10-20-8-12-27(13-9-20)23-15-24(17-25-16-23)29-19-22-7-4-11-26-22/h4-6,8-9,18-20,23,25H,7,10-17,21-22H2,1-3H3;1-3,5-6,15-17,20,22,26H,4,7-14,18-19H2. The number of ether oxygens (including phenoxy) is 5. The zero-order valence-electron chi connectivity index (χ0n) is 39.3. The topological polar surface area (TPSA) is 111 Å². The van der Waals surface area contributed by atoms with Gasteiger partial charge in [-0.15, -0.1) is 0 Å². The lowest BCUT2D eigenvalue weighted by Crippen LogP contribution is -2.42. The molecule has 0 radical (unpaired) electrons. The summed E-state index contributed by atoms with van der Waals surface area (Å²) in [5, 5.41) is 3.47. The molecule has 352 valence electrons. The largest absolute Gasteiger partial charge is 0.490 e. The van der Waals surface area contributed by atoms with Gasteiger partial charge in [0.2, 0.25) is 0 Å². The highest BCUT2D eigenvalue weighted by atomic mass is 16.6. The highest BCUT2D eigenvalue weighted by Crippen LogP contribution is 2.30. The number of carbonyl (C=O) groups excluding carboxylic acids is 1. The molecule has 1 N–H and O–H groups in total. The van der Waals surface area contributed by atoms with Crippen molar-refractivity contribution in [1.29, 1.82) is 0 Å². The molecular weight excluding hydrogens is 817 g/mol. The molecule has 2 atom stereocenters. The van der Waals surface area contributed by atoms with E-state index in [0.29, 0.717) is 38.3 Å². The van der Waals surface area contributed by atoms with Crippen molar-refractivity contribution in [2.75, 3.05) is 75.5 Å². The molecule has 0 spiro atoms. The maximum Gasteiger partial charge on any atom is 0.410 e. The fourth-order valence-electron chi connectivity index (χ4n) is 9.16. The molecule has 2 unspecified atom stereocenters. The minimum absolute atomic E-state index is 0.0309. The second-order valence-corrected chi connectivity index (χ2v) is 19.2. The Bertz CT molecular complexity index is 1960. The van der Waals surface area contributed by atoms with Crippen LogP contribution in [0.4, 0.5) is 16.2 Å². The highest BCUT2D eigenvalue weighted by Gasteiger charge is 2.33. The molecule has 1 amide bonds. The van der Waals surface area contributed by atoms with Crippen LogP contribution in [-0.4, -0.2) is 104 Å². The number of pyridine rings is 2. The van der Waals surface area contributed by atoms with Crippen molar-refractivity contribution >= 4 is 17.5 Å². The van der Waals surface area contributed by atoms with E-state index in [1.807, 2.05) is 51.5 Å². The Balaban J connectivity index is 0.000000198. The maximum absolute atomic E-state index is 12.5. The summed E-state index contributed by atoms with van der Waals surface area (Å²) in [6.45, 7) is 16.0. The van der Waals surface area contributed by atoms with Crippen molar-refractivity contribution in [2.24, 2.45) is 11.8 Å². The molecule has 0 bridgehead atoms. The molecule has 2 aromatic carbocycles. The van der Waals surface area contributed by atoms with Crippen LogP contribution in [0.2, 0.25) is 0 Å². The van der Waals surface area contributed by atoms with Gasteiger partial charge in [0.1, 0.15) is 30.3 Å². The van der Waals surface area contributed by atoms with E-state index in [9.17, 15) is 4.79 Å². The average molecular weight is 891 g/mol. The van der Waals surface area contributed by atoms with E-state index in [0.717, 1.165) is 114 Å². The third-order valence-electron chi connectivity index (χ3n) is 13.0. The van der Waals surface area contributed by atoms with Gasteiger partial charge in [0.05, 0.1) is 55.4 Å². The fourth-order valence-corrected chi connectivity index (χ4v) is 9.16. The Morgan fingerprint density at radius 3 is 1.66 bits per heavy atom. The first kappa shape index (κ1) is 48.0. The van der Waals surface area contributed by atoms with Gasteiger partial charge in [-0.1, -0.05) is 60.7 Å². The van der Waals surface area contributed by atoms with Crippen LogP contribution in [0.15, 0.2) is 97.6 Å². The number of nitrogens with zero attached hydrogens (tertiary/aromatic N) is 5. The normalized spacial score (nSPS) is 19.5. The summed E-state index contributed by atoms with van der Waals surface area (Å²) in [4.78, 5) is 28.0. The number of piperidine rings is 2. The predicted molar refractivity (Wildman–Crippen MR) is 258 cm³/mol. The summed E-state index contributed by atoms with van der Waals surface area (Å²) in [6, 6.07) is 25.5. The van der Waals surface area contributed by atoms with Crippen LogP contribution in [0.3, 0.4) is 0 Å². The average Bonchev–Trinajstić information content (AvgIpc) is 4.05. The third kappa shape index (κ3) is 16.2. The first-order chi connectivity index (χ1) is 31.7. The van der Waals surface area contributed by atoms with Crippen LogP contribution in [0.5, 0.6) is 11.5 Å². The van der Waals surface area contributed by atoms with E-state index >= 15 is 0 Å². The molecule has 65 heavy (non-hydrogen) atoms. The molecule has 6 heterocycles. The van der Waals surface area contributed by atoms with Gasteiger partial charge in [-0.25, -0.2) is 4.79 Å². The Kier molecular flexibility index (Phi) is 18.6. The number of likely N-dealkylation sites (tertiary alicyclic amines) is 1. The Morgan fingerprint density at radius 2 is 1.17 bits per heavy atom. The fraction of sp³-hybridized carbons (Fsp3) is 0.566. The molecular formula is C53H74N6O6. The minimum Gasteiger partial charge on any atom is -0.490 e. The molecule has 4 aliphatic heterocycles. The van der Waals surface area contributed by atoms with Crippen molar-refractivity contribution in [3.63, 3.8) is 0 Å². The Hall–Kier alpha value is -4.91. The van der Waals surface area contributed by atoms with Crippen LogP contribution >= 0.6 is 0 Å². The second kappa shape index (κ2) is 25.1. The molecule has 4 aromatic rings. The van der Waals surface area contributed by atoms with Gasteiger partial charge in [0.15, 0.2) is 0 Å². The van der Waals surface area contributed by atoms with E-state index in [1.165, 1.54) is 42.5 Å². The minimum atomic E-state index is -0.494.